The first kappa shape index (κ1) is 20.2. The van der Waals surface area contributed by atoms with E-state index in [1.807, 2.05) is 6.07 Å². The minimum absolute atomic E-state index is 0.00637. The van der Waals surface area contributed by atoms with Crippen LogP contribution in [0.4, 0.5) is 13.2 Å². The molecule has 0 saturated carbocycles. The van der Waals surface area contributed by atoms with Crippen molar-refractivity contribution >= 4 is 5.97 Å². The Balaban J connectivity index is 2.75. The monoisotopic (exact) mass is 382 g/mol. The molecule has 0 aliphatic carbocycles. The molecule has 0 bridgehead atoms. The van der Waals surface area contributed by atoms with Gasteiger partial charge in [-0.25, -0.2) is 4.79 Å². The van der Waals surface area contributed by atoms with Crippen LogP contribution in [-0.4, -0.2) is 19.7 Å². The number of benzene rings is 1. The molecule has 1 heterocycles. The zero-order valence-corrected chi connectivity index (χ0v) is 14.8. The number of rotatable bonds is 4. The fourth-order valence-corrected chi connectivity index (χ4v) is 2.76. The summed E-state index contributed by atoms with van der Waals surface area (Å²) in [5.74, 6) is -2.31. The number of halogens is 3. The summed E-state index contributed by atoms with van der Waals surface area (Å²) in [6.07, 6.45) is -4.65. The third-order valence-corrected chi connectivity index (χ3v) is 3.93. The number of nitrogens with zero attached hydrogens (tertiary/aromatic N) is 1. The lowest BCUT2D eigenvalue weighted by atomic mass is 9.82. The second-order valence-electron chi connectivity index (χ2n) is 5.61. The van der Waals surface area contributed by atoms with E-state index in [2.05, 4.69) is 0 Å². The predicted molar refractivity (Wildman–Crippen MR) is 88.0 cm³/mol. The third-order valence-electron chi connectivity index (χ3n) is 3.93. The second kappa shape index (κ2) is 7.61. The Morgan fingerprint density at radius 1 is 1.37 bits per heavy atom. The fourth-order valence-electron chi connectivity index (χ4n) is 2.76. The van der Waals surface area contributed by atoms with Crippen LogP contribution in [-0.2, 0) is 20.4 Å². The van der Waals surface area contributed by atoms with Crippen LogP contribution in [0.15, 0.2) is 41.0 Å². The number of carbonyl (C=O) groups is 1. The molecule has 1 aliphatic heterocycles. The lowest BCUT2D eigenvalue weighted by Gasteiger charge is -2.27. The van der Waals surface area contributed by atoms with Gasteiger partial charge < -0.3 is 19.9 Å². The molecule has 0 fully saturated rings. The Bertz CT molecular complexity index is 866. The smallest absolute Gasteiger partial charge is 0.416 e. The van der Waals surface area contributed by atoms with Crippen LogP contribution < -0.4 is 10.5 Å². The molecule has 1 atom stereocenters. The first-order valence-corrected chi connectivity index (χ1v) is 7.85. The molecule has 0 amide bonds. The molecule has 1 aromatic rings. The minimum atomic E-state index is -4.65. The van der Waals surface area contributed by atoms with Crippen LogP contribution in [0.3, 0.4) is 0 Å². The van der Waals surface area contributed by atoms with Gasteiger partial charge in [0.25, 0.3) is 0 Å². The van der Waals surface area contributed by atoms with E-state index >= 15 is 0 Å². The normalized spacial score (nSPS) is 17.3. The van der Waals surface area contributed by atoms with Crippen LogP contribution in [0.1, 0.15) is 30.9 Å². The maximum absolute atomic E-state index is 13.3. The summed E-state index contributed by atoms with van der Waals surface area (Å²) in [5.41, 5.74) is 4.47. The van der Waals surface area contributed by atoms with Crippen molar-refractivity contribution in [3.8, 4) is 11.8 Å². The van der Waals surface area contributed by atoms with E-state index in [0.29, 0.717) is 0 Å². The summed E-state index contributed by atoms with van der Waals surface area (Å²) in [6.45, 7) is 3.04. The van der Waals surface area contributed by atoms with Gasteiger partial charge >= 0.3 is 12.1 Å². The van der Waals surface area contributed by atoms with Crippen LogP contribution in [0.25, 0.3) is 0 Å². The van der Waals surface area contributed by atoms with Crippen molar-refractivity contribution in [3.63, 3.8) is 0 Å². The van der Waals surface area contributed by atoms with Gasteiger partial charge in [0.05, 0.1) is 30.8 Å². The van der Waals surface area contributed by atoms with Crippen LogP contribution >= 0.6 is 0 Å². The fraction of sp³-hybridized carbons (Fsp3) is 0.333. The van der Waals surface area contributed by atoms with E-state index in [-0.39, 0.29) is 40.7 Å². The number of hydrogen-bond donors (Lipinski definition) is 1. The average molecular weight is 382 g/mol. The van der Waals surface area contributed by atoms with Crippen molar-refractivity contribution in [2.24, 2.45) is 5.73 Å². The Morgan fingerprint density at radius 3 is 2.56 bits per heavy atom. The van der Waals surface area contributed by atoms with E-state index in [9.17, 15) is 23.2 Å². The Hall–Kier alpha value is -3.15. The van der Waals surface area contributed by atoms with Crippen LogP contribution in [0.5, 0.6) is 5.75 Å². The molecule has 27 heavy (non-hydrogen) atoms. The van der Waals surface area contributed by atoms with E-state index < -0.39 is 23.6 Å². The Morgan fingerprint density at radius 2 is 2.04 bits per heavy atom. The van der Waals surface area contributed by atoms with Crippen molar-refractivity contribution in [3.05, 3.63) is 52.1 Å². The molecule has 0 spiro atoms. The van der Waals surface area contributed by atoms with E-state index in [1.165, 1.54) is 20.1 Å². The highest BCUT2D eigenvalue weighted by atomic mass is 19.4. The highest BCUT2D eigenvalue weighted by Crippen LogP contribution is 2.42. The number of allylic oxidation sites excluding steroid dienone is 2. The lowest BCUT2D eigenvalue weighted by Crippen LogP contribution is -2.25. The molecular formula is C18H17F3N2O4. The summed E-state index contributed by atoms with van der Waals surface area (Å²) in [6, 6.07) is 4.78. The predicted octanol–water partition coefficient (Wildman–Crippen LogP) is 3.36. The highest BCUT2D eigenvalue weighted by molar-refractivity contribution is 5.92. The molecule has 1 aliphatic rings. The zero-order chi connectivity index (χ0) is 20.4. The molecule has 9 heteroatoms. The molecule has 2 rings (SSSR count). The number of nitriles is 1. The van der Waals surface area contributed by atoms with Crippen LogP contribution in [0, 0.1) is 11.3 Å². The van der Waals surface area contributed by atoms with Gasteiger partial charge in [-0.2, -0.15) is 18.4 Å². The summed E-state index contributed by atoms with van der Waals surface area (Å²) < 4.78 is 55.0. The van der Waals surface area contributed by atoms with E-state index in [1.54, 1.807) is 6.92 Å². The molecule has 144 valence electrons. The van der Waals surface area contributed by atoms with Crippen LogP contribution in [0.2, 0.25) is 0 Å². The zero-order valence-electron chi connectivity index (χ0n) is 14.8. The van der Waals surface area contributed by atoms with Gasteiger partial charge in [-0.05, 0) is 37.6 Å². The van der Waals surface area contributed by atoms with Gasteiger partial charge in [0.1, 0.15) is 23.2 Å². The number of ether oxygens (including phenoxy) is 3. The number of nitrogens with two attached hydrogens (primary N) is 1. The SMILES string of the molecule is CCOC(=O)C1=C(C)OC(N)=C(C#N)C1c1cc(OC)cc(C(F)(F)F)c1. The van der Waals surface area contributed by atoms with Gasteiger partial charge in [0.15, 0.2) is 0 Å². The molecule has 1 aromatic carbocycles. The molecular weight excluding hydrogens is 365 g/mol. The van der Waals surface area contributed by atoms with Crippen molar-refractivity contribution in [2.75, 3.05) is 13.7 Å². The topological polar surface area (TPSA) is 94.6 Å². The summed E-state index contributed by atoms with van der Waals surface area (Å²) >= 11 is 0. The standard InChI is InChI=1S/C18H17F3N2O4/c1-4-26-17(24)14-9(2)27-16(23)13(8-22)15(14)10-5-11(18(19,20)21)7-12(6-10)25-3/h5-7,15H,4,23H2,1-3H3. The number of methoxy groups -OCH3 is 1. The van der Waals surface area contributed by atoms with Gasteiger partial charge in [-0.3, -0.25) is 0 Å². The van der Waals surface area contributed by atoms with Gasteiger partial charge in [0.2, 0.25) is 5.88 Å². The molecule has 0 aromatic heterocycles. The molecule has 0 saturated heterocycles. The molecule has 1 unspecified atom stereocenters. The lowest BCUT2D eigenvalue weighted by molar-refractivity contribution is -0.139. The first-order valence-electron chi connectivity index (χ1n) is 7.85. The maximum atomic E-state index is 13.3. The quantitative estimate of drug-likeness (QED) is 0.803. The third kappa shape index (κ3) is 4.00. The summed E-state index contributed by atoms with van der Waals surface area (Å²) in [5, 5.41) is 9.47. The second-order valence-corrected chi connectivity index (χ2v) is 5.61. The summed E-state index contributed by atoms with van der Waals surface area (Å²) in [4.78, 5) is 12.4. The number of esters is 1. The largest absolute Gasteiger partial charge is 0.497 e. The number of hydrogen-bond acceptors (Lipinski definition) is 6. The van der Waals surface area contributed by atoms with Crippen molar-refractivity contribution in [1.29, 1.82) is 5.26 Å². The highest BCUT2D eigenvalue weighted by Gasteiger charge is 2.38. The molecule has 2 N–H and O–H groups in total. The van der Waals surface area contributed by atoms with Gasteiger partial charge in [-0.15, -0.1) is 0 Å². The van der Waals surface area contributed by atoms with Gasteiger partial charge in [-0.1, -0.05) is 0 Å². The van der Waals surface area contributed by atoms with Crippen molar-refractivity contribution in [1.82, 2.24) is 0 Å². The van der Waals surface area contributed by atoms with E-state index in [0.717, 1.165) is 12.1 Å². The van der Waals surface area contributed by atoms with Crippen molar-refractivity contribution < 1.29 is 32.2 Å². The minimum Gasteiger partial charge on any atom is -0.497 e. The maximum Gasteiger partial charge on any atom is 0.416 e. The van der Waals surface area contributed by atoms with Gasteiger partial charge in [0, 0.05) is 0 Å². The van der Waals surface area contributed by atoms with Crippen molar-refractivity contribution in [2.45, 2.75) is 25.9 Å². The van der Waals surface area contributed by atoms with E-state index in [4.69, 9.17) is 19.9 Å². The number of carbonyl (C=O) groups excluding carboxylic acids is 1. The average Bonchev–Trinajstić information content (AvgIpc) is 2.60. The molecule has 6 nitrogen and oxygen atoms in total. The Kier molecular flexibility index (Phi) is 5.69. The molecule has 0 radical (unpaired) electrons. The first-order chi connectivity index (χ1) is 12.6. The Labute approximate surface area is 153 Å². The number of alkyl halides is 3. The summed E-state index contributed by atoms with van der Waals surface area (Å²) in [7, 11) is 1.21.